The molecule has 9 nitrogen and oxygen atoms in total. The lowest BCUT2D eigenvalue weighted by atomic mass is 9.94. The fourth-order valence-corrected chi connectivity index (χ4v) is 5.55. The van der Waals surface area contributed by atoms with Crippen molar-refractivity contribution in [2.75, 3.05) is 52.6 Å². The molecule has 2 saturated heterocycles. The Bertz CT molecular complexity index is 1280. The highest BCUT2D eigenvalue weighted by molar-refractivity contribution is 6.46. The van der Waals surface area contributed by atoms with Crippen LogP contribution >= 0.6 is 0 Å². The highest BCUT2D eigenvalue weighted by Crippen LogP contribution is 2.43. The van der Waals surface area contributed by atoms with Crippen molar-refractivity contribution < 1.29 is 33.6 Å². The number of rotatable bonds is 10. The third kappa shape index (κ3) is 5.67. The van der Waals surface area contributed by atoms with Crippen molar-refractivity contribution in [3.8, 4) is 17.2 Å². The molecule has 3 heterocycles. The zero-order valence-corrected chi connectivity index (χ0v) is 23.5. The average molecular weight is 551 g/mol. The number of ketones is 1. The number of benzene rings is 2. The van der Waals surface area contributed by atoms with E-state index >= 15 is 0 Å². The van der Waals surface area contributed by atoms with E-state index in [-0.39, 0.29) is 17.4 Å². The lowest BCUT2D eigenvalue weighted by Crippen LogP contribution is -2.42. The Kier molecular flexibility index (Phi) is 8.61. The standard InChI is InChI=1S/C31H38N2O7/c1-4-14-39-25-9-6-21(19-26(25)38-5-2)28-27(29(34)22-7-8-24-23(18-22)17-20(3)40-24)30(35)31(36)33(28)11-10-32-12-15-37-16-13-32/h6-9,18-20,28,34H,4-5,10-17H2,1-3H3/t20-,28-/m0/s1. The first kappa shape index (κ1) is 28.0. The van der Waals surface area contributed by atoms with E-state index in [2.05, 4.69) is 4.90 Å². The SMILES string of the molecule is CCCOc1ccc([C@H]2C(=C(O)c3ccc4c(c3)C[C@H](C)O4)C(=O)C(=O)N2CCN2CCOCC2)cc1OCC. The van der Waals surface area contributed by atoms with Crippen LogP contribution in [-0.4, -0.2) is 85.3 Å². The second-order valence-electron chi connectivity index (χ2n) is 10.4. The van der Waals surface area contributed by atoms with Gasteiger partial charge in [0.1, 0.15) is 17.6 Å². The van der Waals surface area contributed by atoms with Crippen molar-refractivity contribution in [1.29, 1.82) is 0 Å². The summed E-state index contributed by atoms with van der Waals surface area (Å²) in [7, 11) is 0. The Balaban J connectivity index is 1.56. The maximum absolute atomic E-state index is 13.5. The van der Waals surface area contributed by atoms with Gasteiger partial charge >= 0.3 is 0 Å². The van der Waals surface area contributed by atoms with Gasteiger partial charge in [-0.1, -0.05) is 13.0 Å². The number of nitrogens with zero attached hydrogens (tertiary/aromatic N) is 2. The van der Waals surface area contributed by atoms with E-state index < -0.39 is 17.7 Å². The molecule has 3 aliphatic rings. The summed E-state index contributed by atoms with van der Waals surface area (Å²) >= 11 is 0. The van der Waals surface area contributed by atoms with Crippen LogP contribution in [0.25, 0.3) is 5.76 Å². The normalized spacial score (nSPS) is 22.3. The molecule has 2 atom stereocenters. The molecule has 2 aromatic rings. The Morgan fingerprint density at radius 3 is 2.58 bits per heavy atom. The topological polar surface area (TPSA) is 97.8 Å². The molecule has 0 radical (unpaired) electrons. The molecular weight excluding hydrogens is 512 g/mol. The lowest BCUT2D eigenvalue weighted by molar-refractivity contribution is -0.140. The van der Waals surface area contributed by atoms with E-state index in [1.165, 1.54) is 0 Å². The van der Waals surface area contributed by atoms with Crippen molar-refractivity contribution in [3.05, 3.63) is 58.7 Å². The van der Waals surface area contributed by atoms with Crippen LogP contribution in [-0.2, 0) is 20.7 Å². The largest absolute Gasteiger partial charge is 0.507 e. The van der Waals surface area contributed by atoms with Crippen LogP contribution in [0.4, 0.5) is 0 Å². The number of aliphatic hydroxyl groups excluding tert-OH is 1. The van der Waals surface area contributed by atoms with Gasteiger partial charge in [0.05, 0.1) is 38.0 Å². The van der Waals surface area contributed by atoms with Gasteiger partial charge in [-0.25, -0.2) is 0 Å². The minimum Gasteiger partial charge on any atom is -0.507 e. The fourth-order valence-electron chi connectivity index (χ4n) is 5.55. The quantitative estimate of drug-likeness (QED) is 0.270. The third-order valence-corrected chi connectivity index (χ3v) is 7.52. The van der Waals surface area contributed by atoms with Crippen LogP contribution in [0.2, 0.25) is 0 Å². The first-order valence-electron chi connectivity index (χ1n) is 14.2. The van der Waals surface area contributed by atoms with Gasteiger partial charge in [-0.2, -0.15) is 0 Å². The van der Waals surface area contributed by atoms with Gasteiger partial charge in [0.25, 0.3) is 11.7 Å². The van der Waals surface area contributed by atoms with Gasteiger partial charge in [0, 0.05) is 38.2 Å². The minimum atomic E-state index is -0.774. The van der Waals surface area contributed by atoms with Crippen LogP contribution < -0.4 is 14.2 Å². The van der Waals surface area contributed by atoms with Crippen molar-refractivity contribution in [3.63, 3.8) is 0 Å². The van der Waals surface area contributed by atoms with Crippen molar-refractivity contribution >= 4 is 17.4 Å². The number of aliphatic hydroxyl groups is 1. The van der Waals surface area contributed by atoms with Gasteiger partial charge < -0.3 is 29.0 Å². The molecule has 0 aliphatic carbocycles. The first-order valence-corrected chi connectivity index (χ1v) is 14.2. The first-order chi connectivity index (χ1) is 19.4. The predicted octanol–water partition coefficient (Wildman–Crippen LogP) is 3.95. The third-order valence-electron chi connectivity index (χ3n) is 7.52. The Morgan fingerprint density at radius 2 is 1.82 bits per heavy atom. The molecule has 1 N–H and O–H groups in total. The van der Waals surface area contributed by atoms with Crippen LogP contribution in [0, 0.1) is 0 Å². The molecular formula is C31H38N2O7. The maximum atomic E-state index is 13.5. The van der Waals surface area contributed by atoms with Crippen molar-refractivity contribution in [2.45, 2.75) is 45.8 Å². The second kappa shape index (κ2) is 12.3. The van der Waals surface area contributed by atoms with Gasteiger partial charge in [-0.15, -0.1) is 0 Å². The Hall–Kier alpha value is -3.56. The van der Waals surface area contributed by atoms with Crippen LogP contribution in [0.1, 0.15) is 49.9 Å². The molecule has 0 spiro atoms. The summed E-state index contributed by atoms with van der Waals surface area (Å²) in [5, 5.41) is 11.6. The summed E-state index contributed by atoms with van der Waals surface area (Å²) in [6, 6.07) is 10.1. The number of fused-ring (bicyclic) bond motifs is 1. The number of carbonyl (C=O) groups excluding carboxylic acids is 2. The number of likely N-dealkylation sites (tertiary alicyclic amines) is 1. The molecule has 214 valence electrons. The van der Waals surface area contributed by atoms with E-state index in [0.717, 1.165) is 30.8 Å². The highest BCUT2D eigenvalue weighted by Gasteiger charge is 2.46. The molecule has 0 unspecified atom stereocenters. The molecule has 1 amide bonds. The summed E-state index contributed by atoms with van der Waals surface area (Å²) in [6.45, 7) is 10.6. The summed E-state index contributed by atoms with van der Waals surface area (Å²) in [5.41, 5.74) is 2.20. The predicted molar refractivity (Wildman–Crippen MR) is 150 cm³/mol. The maximum Gasteiger partial charge on any atom is 0.295 e. The molecule has 0 aromatic heterocycles. The molecule has 2 aromatic carbocycles. The van der Waals surface area contributed by atoms with E-state index in [0.29, 0.717) is 68.6 Å². The van der Waals surface area contributed by atoms with Crippen LogP contribution in [0.5, 0.6) is 17.2 Å². The second-order valence-corrected chi connectivity index (χ2v) is 10.4. The van der Waals surface area contributed by atoms with Gasteiger partial charge in [-0.05, 0) is 61.7 Å². The van der Waals surface area contributed by atoms with Gasteiger partial charge in [0.15, 0.2) is 11.5 Å². The van der Waals surface area contributed by atoms with E-state index in [9.17, 15) is 14.7 Å². The number of hydrogen-bond donors (Lipinski definition) is 1. The molecule has 40 heavy (non-hydrogen) atoms. The van der Waals surface area contributed by atoms with Gasteiger partial charge in [-0.3, -0.25) is 14.5 Å². The number of ether oxygens (including phenoxy) is 4. The van der Waals surface area contributed by atoms with E-state index in [4.69, 9.17) is 18.9 Å². The number of amides is 1. The number of Topliss-reactive ketones (excluding diaryl/α,β-unsaturated/α-hetero) is 1. The molecule has 3 aliphatic heterocycles. The van der Waals surface area contributed by atoms with Crippen LogP contribution in [0.3, 0.4) is 0 Å². The monoisotopic (exact) mass is 550 g/mol. The fraction of sp³-hybridized carbons (Fsp3) is 0.484. The zero-order valence-electron chi connectivity index (χ0n) is 23.5. The Labute approximate surface area is 235 Å². The molecule has 0 bridgehead atoms. The van der Waals surface area contributed by atoms with Crippen molar-refractivity contribution in [1.82, 2.24) is 9.80 Å². The molecule has 5 rings (SSSR count). The molecule has 9 heteroatoms. The van der Waals surface area contributed by atoms with E-state index in [1.807, 2.05) is 51.1 Å². The average Bonchev–Trinajstić information content (AvgIpc) is 3.46. The summed E-state index contributed by atoms with van der Waals surface area (Å²) < 4.78 is 23.0. The summed E-state index contributed by atoms with van der Waals surface area (Å²) in [5.74, 6) is 0.404. The number of carbonyl (C=O) groups is 2. The zero-order chi connectivity index (χ0) is 28.2. The highest BCUT2D eigenvalue weighted by atomic mass is 16.5. The smallest absolute Gasteiger partial charge is 0.295 e. The van der Waals surface area contributed by atoms with E-state index in [1.54, 1.807) is 11.0 Å². The lowest BCUT2D eigenvalue weighted by Gasteiger charge is -2.31. The number of hydrogen-bond acceptors (Lipinski definition) is 8. The van der Waals surface area contributed by atoms with Crippen LogP contribution in [0.15, 0.2) is 42.0 Å². The molecule has 2 fully saturated rings. The Morgan fingerprint density at radius 1 is 1.02 bits per heavy atom. The minimum absolute atomic E-state index is 0.0450. The number of morpholine rings is 1. The van der Waals surface area contributed by atoms with Crippen molar-refractivity contribution in [2.24, 2.45) is 0 Å². The summed E-state index contributed by atoms with van der Waals surface area (Å²) in [6.07, 6.45) is 1.60. The van der Waals surface area contributed by atoms with Gasteiger partial charge in [0.2, 0.25) is 0 Å². The summed E-state index contributed by atoms with van der Waals surface area (Å²) in [4.78, 5) is 30.8. The molecule has 0 saturated carbocycles.